The van der Waals surface area contributed by atoms with Crippen LogP contribution in [0.15, 0.2) is 42.5 Å². The minimum atomic E-state index is -0.385. The fourth-order valence-electron chi connectivity index (χ4n) is 3.67. The summed E-state index contributed by atoms with van der Waals surface area (Å²) in [6.45, 7) is 9.29. The molecule has 160 valence electrons. The monoisotopic (exact) mass is 412 g/mol. The van der Waals surface area contributed by atoms with Crippen molar-refractivity contribution < 1.29 is 14.0 Å². The maximum Gasteiger partial charge on any atom is 0.243 e. The van der Waals surface area contributed by atoms with Gasteiger partial charge in [0.2, 0.25) is 11.8 Å². The molecule has 6 nitrogen and oxygen atoms in total. The second-order valence-corrected chi connectivity index (χ2v) is 7.55. The van der Waals surface area contributed by atoms with Crippen molar-refractivity contribution in [2.75, 3.05) is 49.5 Å². The van der Waals surface area contributed by atoms with Gasteiger partial charge in [0, 0.05) is 37.6 Å². The molecule has 7 heteroatoms. The molecule has 2 N–H and O–H groups in total. The third-order valence-corrected chi connectivity index (χ3v) is 5.34. The van der Waals surface area contributed by atoms with Gasteiger partial charge in [-0.05, 0) is 54.9 Å². The summed E-state index contributed by atoms with van der Waals surface area (Å²) in [5, 5.41) is 5.39. The molecule has 1 aliphatic rings. The third kappa shape index (κ3) is 6.03. The van der Waals surface area contributed by atoms with E-state index in [1.165, 1.54) is 17.8 Å². The maximum atomic E-state index is 13.2. The molecule has 0 unspecified atom stereocenters. The number of benzene rings is 2. The highest BCUT2D eigenvalue weighted by molar-refractivity contribution is 5.95. The smallest absolute Gasteiger partial charge is 0.243 e. The van der Waals surface area contributed by atoms with E-state index in [4.69, 9.17) is 0 Å². The fraction of sp³-hybridized carbons (Fsp3) is 0.391. The Balaban J connectivity index is 1.48. The molecule has 3 rings (SSSR count). The Morgan fingerprint density at radius 3 is 2.47 bits per heavy atom. The van der Waals surface area contributed by atoms with E-state index < -0.39 is 0 Å². The van der Waals surface area contributed by atoms with E-state index in [1.807, 2.05) is 25.1 Å². The molecule has 0 spiro atoms. The van der Waals surface area contributed by atoms with Crippen LogP contribution in [-0.4, -0.2) is 56.0 Å². The van der Waals surface area contributed by atoms with Gasteiger partial charge in [0.05, 0.1) is 13.0 Å². The number of nitrogens with zero attached hydrogens (tertiary/aromatic N) is 2. The first-order valence-electron chi connectivity index (χ1n) is 10.3. The second-order valence-electron chi connectivity index (χ2n) is 7.55. The number of rotatable bonds is 7. The van der Waals surface area contributed by atoms with Crippen LogP contribution in [0.2, 0.25) is 0 Å². The number of hydrogen-bond acceptors (Lipinski definition) is 4. The average molecular weight is 413 g/mol. The quantitative estimate of drug-likeness (QED) is 0.734. The highest BCUT2D eigenvalue weighted by Gasteiger charge is 2.17. The Morgan fingerprint density at radius 1 is 1.03 bits per heavy atom. The van der Waals surface area contributed by atoms with Crippen LogP contribution in [0.3, 0.4) is 0 Å². The Bertz CT molecular complexity index is 895. The van der Waals surface area contributed by atoms with Crippen molar-refractivity contribution in [3.05, 3.63) is 59.4 Å². The number of amides is 2. The van der Waals surface area contributed by atoms with E-state index >= 15 is 0 Å². The average Bonchev–Trinajstić information content (AvgIpc) is 2.73. The van der Waals surface area contributed by atoms with E-state index in [0.717, 1.165) is 38.3 Å². The molecule has 2 amide bonds. The second kappa shape index (κ2) is 10.2. The SMILES string of the molecule is CCN1CCN(c2ccc(NC(=O)CNC(=O)Cc3cccc(F)c3)cc2C)CC1. The molecule has 1 fully saturated rings. The molecule has 0 radical (unpaired) electrons. The zero-order chi connectivity index (χ0) is 21.5. The van der Waals surface area contributed by atoms with Crippen LogP contribution in [0.1, 0.15) is 18.1 Å². The first-order chi connectivity index (χ1) is 14.4. The van der Waals surface area contributed by atoms with Crippen LogP contribution in [0.25, 0.3) is 0 Å². The largest absolute Gasteiger partial charge is 0.369 e. The van der Waals surface area contributed by atoms with Crippen molar-refractivity contribution in [1.29, 1.82) is 0 Å². The number of nitrogens with one attached hydrogen (secondary N) is 2. The zero-order valence-corrected chi connectivity index (χ0v) is 17.6. The first-order valence-corrected chi connectivity index (χ1v) is 10.3. The Kier molecular flexibility index (Phi) is 7.41. The normalized spacial score (nSPS) is 14.4. The van der Waals surface area contributed by atoms with Gasteiger partial charge in [-0.3, -0.25) is 9.59 Å². The molecule has 0 atom stereocenters. The molecule has 2 aromatic rings. The Morgan fingerprint density at radius 2 is 1.80 bits per heavy atom. The van der Waals surface area contributed by atoms with E-state index in [9.17, 15) is 14.0 Å². The van der Waals surface area contributed by atoms with Gasteiger partial charge in [-0.25, -0.2) is 4.39 Å². The molecule has 0 bridgehead atoms. The number of halogens is 1. The maximum absolute atomic E-state index is 13.2. The van der Waals surface area contributed by atoms with Crippen molar-refractivity contribution in [2.45, 2.75) is 20.3 Å². The predicted octanol–water partition coefficient (Wildman–Crippen LogP) is 2.57. The molecule has 0 saturated carbocycles. The number of hydrogen-bond donors (Lipinski definition) is 2. The number of carbonyl (C=O) groups is 2. The molecular weight excluding hydrogens is 383 g/mol. The van der Waals surface area contributed by atoms with Crippen LogP contribution < -0.4 is 15.5 Å². The number of likely N-dealkylation sites (N-methyl/N-ethyl adjacent to an activating group) is 1. The lowest BCUT2D eigenvalue weighted by atomic mass is 10.1. The summed E-state index contributed by atoms with van der Waals surface area (Å²) < 4.78 is 13.2. The van der Waals surface area contributed by atoms with Gasteiger partial charge in [0.25, 0.3) is 0 Å². The van der Waals surface area contributed by atoms with Crippen molar-refractivity contribution in [3.63, 3.8) is 0 Å². The first kappa shape index (κ1) is 21.8. The van der Waals surface area contributed by atoms with Crippen LogP contribution >= 0.6 is 0 Å². The highest BCUT2D eigenvalue weighted by atomic mass is 19.1. The molecular formula is C23H29FN4O2. The lowest BCUT2D eigenvalue weighted by molar-refractivity contribution is -0.123. The van der Waals surface area contributed by atoms with E-state index in [0.29, 0.717) is 11.3 Å². The Labute approximate surface area is 177 Å². The molecule has 1 saturated heterocycles. The van der Waals surface area contributed by atoms with Crippen LogP contribution in [0.4, 0.5) is 15.8 Å². The summed E-state index contributed by atoms with van der Waals surface area (Å²) in [4.78, 5) is 29.0. The van der Waals surface area contributed by atoms with Crippen molar-refractivity contribution in [3.8, 4) is 0 Å². The van der Waals surface area contributed by atoms with Gasteiger partial charge < -0.3 is 20.4 Å². The van der Waals surface area contributed by atoms with Crippen LogP contribution in [0.5, 0.6) is 0 Å². The summed E-state index contributed by atoms with van der Waals surface area (Å²) in [5.74, 6) is -1.01. The summed E-state index contributed by atoms with van der Waals surface area (Å²) in [5.41, 5.74) is 3.56. The van der Waals surface area contributed by atoms with Gasteiger partial charge in [0.15, 0.2) is 0 Å². The third-order valence-electron chi connectivity index (χ3n) is 5.34. The molecule has 30 heavy (non-hydrogen) atoms. The van der Waals surface area contributed by atoms with Gasteiger partial charge in [-0.2, -0.15) is 0 Å². The molecule has 1 heterocycles. The predicted molar refractivity (Wildman–Crippen MR) is 117 cm³/mol. The number of piperazine rings is 1. The summed E-state index contributed by atoms with van der Waals surface area (Å²) in [7, 11) is 0. The van der Waals surface area contributed by atoms with E-state index in [-0.39, 0.29) is 30.6 Å². The number of anilines is 2. The number of carbonyl (C=O) groups excluding carboxylic acids is 2. The zero-order valence-electron chi connectivity index (χ0n) is 17.6. The minimum Gasteiger partial charge on any atom is -0.369 e. The summed E-state index contributed by atoms with van der Waals surface area (Å²) >= 11 is 0. The lowest BCUT2D eigenvalue weighted by Gasteiger charge is -2.36. The van der Waals surface area contributed by atoms with Crippen LogP contribution in [-0.2, 0) is 16.0 Å². The molecule has 1 aliphatic heterocycles. The molecule has 0 aliphatic carbocycles. The topological polar surface area (TPSA) is 64.7 Å². The molecule has 2 aromatic carbocycles. The number of aryl methyl sites for hydroxylation is 1. The van der Waals surface area contributed by atoms with Gasteiger partial charge >= 0.3 is 0 Å². The lowest BCUT2D eigenvalue weighted by Crippen LogP contribution is -2.46. The molecule has 0 aromatic heterocycles. The summed E-state index contributed by atoms with van der Waals surface area (Å²) in [6, 6.07) is 11.7. The Hall–Kier alpha value is -2.93. The minimum absolute atomic E-state index is 0.0319. The summed E-state index contributed by atoms with van der Waals surface area (Å²) in [6.07, 6.45) is 0.0319. The van der Waals surface area contributed by atoms with E-state index in [1.54, 1.807) is 12.1 Å². The van der Waals surface area contributed by atoms with Gasteiger partial charge in [-0.15, -0.1) is 0 Å². The van der Waals surface area contributed by atoms with Crippen molar-refractivity contribution in [2.24, 2.45) is 0 Å². The van der Waals surface area contributed by atoms with Crippen LogP contribution in [0, 0.1) is 12.7 Å². The highest BCUT2D eigenvalue weighted by Crippen LogP contribution is 2.24. The van der Waals surface area contributed by atoms with Crippen molar-refractivity contribution >= 4 is 23.2 Å². The van der Waals surface area contributed by atoms with Crippen molar-refractivity contribution in [1.82, 2.24) is 10.2 Å². The standard InChI is InChI=1S/C23H29FN4O2/c1-3-27-9-11-28(12-10-27)21-8-7-20(13-17(21)2)26-23(30)16-25-22(29)15-18-5-4-6-19(24)14-18/h4-8,13-14H,3,9-12,15-16H2,1-2H3,(H,25,29)(H,26,30). The van der Waals surface area contributed by atoms with Gasteiger partial charge in [0.1, 0.15) is 5.82 Å². The van der Waals surface area contributed by atoms with E-state index in [2.05, 4.69) is 27.4 Å². The van der Waals surface area contributed by atoms with Gasteiger partial charge in [-0.1, -0.05) is 19.1 Å². The fourth-order valence-corrected chi connectivity index (χ4v) is 3.67.